The van der Waals surface area contributed by atoms with Gasteiger partial charge in [0.2, 0.25) is 0 Å². The summed E-state index contributed by atoms with van der Waals surface area (Å²) in [5.41, 5.74) is 6.37. The maximum atomic E-state index is 13.4. The maximum absolute atomic E-state index is 13.4. The smallest absolute Gasteiger partial charge is 0.253 e. The molecule has 0 fully saturated rings. The van der Waals surface area contributed by atoms with Crippen molar-refractivity contribution in [3.05, 3.63) is 65.2 Å². The second-order valence-electron chi connectivity index (χ2n) is 4.01. The molecule has 0 atom stereocenters. The molecule has 19 heavy (non-hydrogen) atoms. The molecule has 0 aliphatic rings. The Labute approximate surface area is 109 Å². The Kier molecular flexibility index (Phi) is 3.75. The van der Waals surface area contributed by atoms with E-state index in [-0.39, 0.29) is 12.1 Å². The summed E-state index contributed by atoms with van der Waals surface area (Å²) in [5, 5.41) is 2.50. The molecule has 0 unspecified atom stereocenters. The molecule has 0 aliphatic heterocycles. The zero-order valence-corrected chi connectivity index (χ0v) is 9.99. The second kappa shape index (κ2) is 5.48. The molecule has 0 bridgehead atoms. The summed E-state index contributed by atoms with van der Waals surface area (Å²) in [6.45, 7) is -0.100. The van der Waals surface area contributed by atoms with Crippen LogP contribution < -0.4 is 11.1 Å². The summed E-state index contributed by atoms with van der Waals surface area (Å²) >= 11 is 0. The number of para-hydroxylation sites is 1. The number of hydrogen-bond acceptors (Lipinski definition) is 2. The van der Waals surface area contributed by atoms with E-state index in [0.717, 1.165) is 18.2 Å². The van der Waals surface area contributed by atoms with Crippen LogP contribution in [0.4, 0.5) is 14.5 Å². The van der Waals surface area contributed by atoms with E-state index in [4.69, 9.17) is 5.73 Å². The third-order valence-electron chi connectivity index (χ3n) is 2.65. The third kappa shape index (κ3) is 3.07. The van der Waals surface area contributed by atoms with Crippen molar-refractivity contribution in [2.45, 2.75) is 6.54 Å². The zero-order valence-electron chi connectivity index (χ0n) is 9.99. The molecular weight excluding hydrogens is 250 g/mol. The van der Waals surface area contributed by atoms with Crippen molar-refractivity contribution >= 4 is 11.6 Å². The van der Waals surface area contributed by atoms with Gasteiger partial charge in [0.05, 0.1) is 5.56 Å². The number of amides is 1. The first-order valence-electron chi connectivity index (χ1n) is 5.64. The number of rotatable bonds is 3. The first-order chi connectivity index (χ1) is 9.08. The van der Waals surface area contributed by atoms with Gasteiger partial charge < -0.3 is 11.1 Å². The van der Waals surface area contributed by atoms with Crippen LogP contribution in [0, 0.1) is 11.6 Å². The van der Waals surface area contributed by atoms with E-state index in [9.17, 15) is 13.6 Å². The second-order valence-corrected chi connectivity index (χ2v) is 4.01. The van der Waals surface area contributed by atoms with Gasteiger partial charge in [-0.2, -0.15) is 0 Å². The number of benzene rings is 2. The fourth-order valence-corrected chi connectivity index (χ4v) is 1.65. The molecule has 98 valence electrons. The largest absolute Gasteiger partial charge is 0.398 e. The highest BCUT2D eigenvalue weighted by atomic mass is 19.1. The lowest BCUT2D eigenvalue weighted by molar-refractivity contribution is 0.0951. The third-order valence-corrected chi connectivity index (χ3v) is 2.65. The minimum Gasteiger partial charge on any atom is -0.398 e. The van der Waals surface area contributed by atoms with Gasteiger partial charge in [-0.1, -0.05) is 12.1 Å². The van der Waals surface area contributed by atoms with Crippen LogP contribution in [-0.2, 0) is 6.54 Å². The molecule has 1 amide bonds. The minimum atomic E-state index is -0.567. The van der Waals surface area contributed by atoms with Crippen LogP contribution in [0.2, 0.25) is 0 Å². The first kappa shape index (κ1) is 13.0. The number of halogens is 2. The number of anilines is 1. The van der Waals surface area contributed by atoms with Crippen LogP contribution in [0.5, 0.6) is 0 Å². The maximum Gasteiger partial charge on any atom is 0.253 e. The molecule has 0 aromatic heterocycles. The molecule has 0 saturated carbocycles. The Balaban J connectivity index is 2.09. The van der Waals surface area contributed by atoms with Gasteiger partial charge in [-0.05, 0) is 30.3 Å². The lowest BCUT2D eigenvalue weighted by Gasteiger charge is -2.08. The van der Waals surface area contributed by atoms with E-state index in [1.54, 1.807) is 24.3 Å². The van der Waals surface area contributed by atoms with Crippen molar-refractivity contribution in [3.63, 3.8) is 0 Å². The predicted octanol–water partition coefficient (Wildman–Crippen LogP) is 2.48. The highest BCUT2D eigenvalue weighted by Gasteiger charge is 2.10. The Morgan fingerprint density at radius 3 is 2.63 bits per heavy atom. The first-order valence-corrected chi connectivity index (χ1v) is 5.64. The Morgan fingerprint density at radius 2 is 1.89 bits per heavy atom. The van der Waals surface area contributed by atoms with Gasteiger partial charge in [-0.15, -0.1) is 0 Å². The highest BCUT2D eigenvalue weighted by molar-refractivity contribution is 5.98. The summed E-state index contributed by atoms with van der Waals surface area (Å²) in [5.74, 6) is -1.55. The molecule has 2 aromatic rings. The number of nitrogens with two attached hydrogens (primary N) is 1. The van der Waals surface area contributed by atoms with E-state index >= 15 is 0 Å². The molecule has 0 aliphatic carbocycles. The van der Waals surface area contributed by atoms with Crippen molar-refractivity contribution < 1.29 is 13.6 Å². The van der Waals surface area contributed by atoms with Crippen LogP contribution in [0.15, 0.2) is 42.5 Å². The van der Waals surface area contributed by atoms with Gasteiger partial charge in [0.25, 0.3) is 5.91 Å². The zero-order chi connectivity index (χ0) is 13.8. The number of hydrogen-bond donors (Lipinski definition) is 2. The molecule has 2 aromatic carbocycles. The fraction of sp³-hybridized carbons (Fsp3) is 0.0714. The molecule has 3 N–H and O–H groups in total. The summed E-state index contributed by atoms with van der Waals surface area (Å²) < 4.78 is 26.3. The molecule has 0 radical (unpaired) electrons. The fourth-order valence-electron chi connectivity index (χ4n) is 1.65. The van der Waals surface area contributed by atoms with Crippen molar-refractivity contribution in [2.24, 2.45) is 0 Å². The average molecular weight is 262 g/mol. The summed E-state index contributed by atoms with van der Waals surface area (Å²) in [6.07, 6.45) is 0. The molecule has 0 spiro atoms. The average Bonchev–Trinajstić information content (AvgIpc) is 2.40. The van der Waals surface area contributed by atoms with Crippen molar-refractivity contribution in [1.82, 2.24) is 5.32 Å². The summed E-state index contributed by atoms with van der Waals surface area (Å²) in [6, 6.07) is 9.63. The van der Waals surface area contributed by atoms with E-state index in [0.29, 0.717) is 11.3 Å². The quantitative estimate of drug-likeness (QED) is 0.835. The molecule has 3 nitrogen and oxygen atoms in total. The molecule has 0 heterocycles. The number of carbonyl (C=O) groups excluding carboxylic acids is 1. The van der Waals surface area contributed by atoms with Crippen LogP contribution in [-0.4, -0.2) is 5.91 Å². The van der Waals surface area contributed by atoms with Gasteiger partial charge >= 0.3 is 0 Å². The molecule has 2 rings (SSSR count). The number of nitrogen functional groups attached to an aromatic ring is 1. The number of nitrogens with one attached hydrogen (secondary N) is 1. The monoisotopic (exact) mass is 262 g/mol. The molecular formula is C14H12F2N2O. The Morgan fingerprint density at radius 1 is 1.16 bits per heavy atom. The van der Waals surface area contributed by atoms with Crippen LogP contribution in [0.25, 0.3) is 0 Å². The van der Waals surface area contributed by atoms with E-state index in [2.05, 4.69) is 5.32 Å². The van der Waals surface area contributed by atoms with Crippen molar-refractivity contribution in [2.75, 3.05) is 5.73 Å². The van der Waals surface area contributed by atoms with Crippen molar-refractivity contribution in [3.8, 4) is 0 Å². The van der Waals surface area contributed by atoms with Gasteiger partial charge in [-0.25, -0.2) is 8.78 Å². The van der Waals surface area contributed by atoms with Gasteiger partial charge in [-0.3, -0.25) is 4.79 Å². The van der Waals surface area contributed by atoms with Crippen LogP contribution >= 0.6 is 0 Å². The van der Waals surface area contributed by atoms with Gasteiger partial charge in [0, 0.05) is 17.8 Å². The minimum absolute atomic E-state index is 0.0860. The summed E-state index contributed by atoms with van der Waals surface area (Å²) in [4.78, 5) is 11.8. The van der Waals surface area contributed by atoms with Crippen LogP contribution in [0.1, 0.15) is 15.9 Å². The van der Waals surface area contributed by atoms with E-state index < -0.39 is 17.5 Å². The van der Waals surface area contributed by atoms with Crippen molar-refractivity contribution in [1.29, 1.82) is 0 Å². The van der Waals surface area contributed by atoms with Gasteiger partial charge in [0.15, 0.2) is 0 Å². The Bertz CT molecular complexity index is 614. The van der Waals surface area contributed by atoms with Gasteiger partial charge in [0.1, 0.15) is 11.6 Å². The SMILES string of the molecule is Nc1ccccc1C(=O)NCc1cc(F)ccc1F. The van der Waals surface area contributed by atoms with E-state index in [1.807, 2.05) is 0 Å². The standard InChI is InChI=1S/C14H12F2N2O/c15-10-5-6-12(16)9(7-10)8-18-14(19)11-3-1-2-4-13(11)17/h1-7H,8,17H2,(H,18,19). The Hall–Kier alpha value is -2.43. The number of carbonyl (C=O) groups is 1. The van der Waals surface area contributed by atoms with E-state index in [1.165, 1.54) is 0 Å². The lowest BCUT2D eigenvalue weighted by atomic mass is 10.1. The molecule has 5 heteroatoms. The lowest BCUT2D eigenvalue weighted by Crippen LogP contribution is -2.24. The normalized spacial score (nSPS) is 10.2. The topological polar surface area (TPSA) is 55.1 Å². The highest BCUT2D eigenvalue weighted by Crippen LogP contribution is 2.12. The predicted molar refractivity (Wildman–Crippen MR) is 68.4 cm³/mol. The summed E-state index contributed by atoms with van der Waals surface area (Å²) in [7, 11) is 0. The van der Waals surface area contributed by atoms with Crippen LogP contribution in [0.3, 0.4) is 0 Å². The molecule has 0 saturated heterocycles.